The van der Waals surface area contributed by atoms with Crippen molar-refractivity contribution < 1.29 is 13.2 Å². The standard InChI is InChI=1S/C25H27N5O3S2/c1-29-12-9-17-15-18(7-8-22(17)29)25-27-21(16-34-25)24(31)26-20-5-3-4-6-23(20)30-13-10-19(11-14-30)28-35(2,32)33/h3-9,12,15-16,19,28H,10-11,13-14H2,1-2H3,(H,26,31). The summed E-state index contributed by atoms with van der Waals surface area (Å²) in [5.41, 5.74) is 4.15. The molecule has 2 aromatic heterocycles. The van der Waals surface area contributed by atoms with Crippen LogP contribution in [0, 0.1) is 0 Å². The van der Waals surface area contributed by atoms with Crippen LogP contribution in [0.3, 0.4) is 0 Å². The Morgan fingerprint density at radius 3 is 2.66 bits per heavy atom. The van der Waals surface area contributed by atoms with Crippen LogP contribution in [0.25, 0.3) is 21.5 Å². The van der Waals surface area contributed by atoms with Crippen molar-refractivity contribution in [1.82, 2.24) is 14.3 Å². The van der Waals surface area contributed by atoms with E-state index in [0.29, 0.717) is 37.3 Å². The van der Waals surface area contributed by atoms with Crippen LogP contribution in [0.2, 0.25) is 0 Å². The minimum Gasteiger partial charge on any atom is -0.370 e. The van der Waals surface area contributed by atoms with Gasteiger partial charge in [0.15, 0.2) is 0 Å². The highest BCUT2D eigenvalue weighted by atomic mass is 32.2. The number of rotatable bonds is 6. The molecule has 0 bridgehead atoms. The fourth-order valence-corrected chi connectivity index (χ4v) is 6.15. The summed E-state index contributed by atoms with van der Waals surface area (Å²) in [5.74, 6) is -0.255. The van der Waals surface area contributed by atoms with E-state index in [1.165, 1.54) is 17.6 Å². The molecule has 1 fully saturated rings. The second-order valence-corrected chi connectivity index (χ2v) is 11.5. The highest BCUT2D eigenvalue weighted by molar-refractivity contribution is 7.88. The molecule has 10 heteroatoms. The van der Waals surface area contributed by atoms with E-state index in [1.54, 1.807) is 5.38 Å². The number of aromatic nitrogens is 2. The molecule has 182 valence electrons. The molecule has 35 heavy (non-hydrogen) atoms. The monoisotopic (exact) mass is 509 g/mol. The number of sulfonamides is 1. The Kier molecular flexibility index (Phi) is 6.35. The third-order valence-corrected chi connectivity index (χ3v) is 7.89. The van der Waals surface area contributed by atoms with Crippen molar-refractivity contribution in [1.29, 1.82) is 0 Å². The number of thiazole rings is 1. The molecule has 1 amide bonds. The van der Waals surface area contributed by atoms with E-state index >= 15 is 0 Å². The summed E-state index contributed by atoms with van der Waals surface area (Å²) >= 11 is 1.45. The van der Waals surface area contributed by atoms with E-state index in [4.69, 9.17) is 0 Å². The van der Waals surface area contributed by atoms with Crippen molar-refractivity contribution in [3.05, 3.63) is 65.8 Å². The number of piperidine rings is 1. The smallest absolute Gasteiger partial charge is 0.275 e. The van der Waals surface area contributed by atoms with Gasteiger partial charge in [0.1, 0.15) is 10.7 Å². The van der Waals surface area contributed by atoms with Crippen LogP contribution < -0.4 is 14.9 Å². The first-order valence-electron chi connectivity index (χ1n) is 11.4. The number of carbonyl (C=O) groups is 1. The van der Waals surface area contributed by atoms with Crippen LogP contribution in [-0.4, -0.2) is 49.3 Å². The largest absolute Gasteiger partial charge is 0.370 e. The Bertz CT molecular complexity index is 1480. The minimum absolute atomic E-state index is 0.0634. The van der Waals surface area contributed by atoms with Crippen LogP contribution in [0.5, 0.6) is 0 Å². The molecule has 1 aliphatic heterocycles. The Morgan fingerprint density at radius 1 is 1.11 bits per heavy atom. The van der Waals surface area contributed by atoms with Crippen LogP contribution in [0.4, 0.5) is 11.4 Å². The lowest BCUT2D eigenvalue weighted by molar-refractivity contribution is 0.102. The summed E-state index contributed by atoms with van der Waals surface area (Å²) in [4.78, 5) is 19.8. The molecule has 0 unspecified atom stereocenters. The Balaban J connectivity index is 1.29. The summed E-state index contributed by atoms with van der Waals surface area (Å²) in [6, 6.07) is 15.9. The molecule has 0 radical (unpaired) electrons. The maximum Gasteiger partial charge on any atom is 0.275 e. The van der Waals surface area contributed by atoms with Crippen LogP contribution in [0.15, 0.2) is 60.1 Å². The molecular formula is C25H27N5O3S2. The van der Waals surface area contributed by atoms with Gasteiger partial charge in [-0.25, -0.2) is 18.1 Å². The first-order chi connectivity index (χ1) is 16.8. The van der Waals surface area contributed by atoms with Gasteiger partial charge in [0.2, 0.25) is 10.0 Å². The SMILES string of the molecule is Cn1ccc2cc(-c3nc(C(=O)Nc4ccccc4N4CCC(NS(C)(=O)=O)CC4)cs3)ccc21. The molecule has 2 aromatic carbocycles. The lowest BCUT2D eigenvalue weighted by Crippen LogP contribution is -2.44. The zero-order valence-electron chi connectivity index (χ0n) is 19.6. The number of benzene rings is 2. The lowest BCUT2D eigenvalue weighted by atomic mass is 10.0. The van der Waals surface area contributed by atoms with Crippen LogP contribution in [0.1, 0.15) is 23.3 Å². The predicted octanol–water partition coefficient (Wildman–Crippen LogP) is 4.07. The average molecular weight is 510 g/mol. The predicted molar refractivity (Wildman–Crippen MR) is 142 cm³/mol. The molecule has 2 N–H and O–H groups in total. The van der Waals surface area contributed by atoms with E-state index in [2.05, 4.69) is 42.7 Å². The fourth-order valence-electron chi connectivity index (χ4n) is 4.51. The van der Waals surface area contributed by atoms with Gasteiger partial charge in [-0.15, -0.1) is 11.3 Å². The number of anilines is 2. The van der Waals surface area contributed by atoms with Crippen molar-refractivity contribution in [3.63, 3.8) is 0 Å². The van der Waals surface area contributed by atoms with Gasteiger partial charge < -0.3 is 14.8 Å². The van der Waals surface area contributed by atoms with Crippen LogP contribution in [-0.2, 0) is 17.1 Å². The molecule has 1 saturated heterocycles. The molecule has 1 aliphatic rings. The van der Waals surface area contributed by atoms with Gasteiger partial charge in [0.25, 0.3) is 5.91 Å². The van der Waals surface area contributed by atoms with Gasteiger partial charge in [-0.2, -0.15) is 0 Å². The summed E-state index contributed by atoms with van der Waals surface area (Å²) in [7, 11) is -1.21. The topological polar surface area (TPSA) is 96.3 Å². The minimum atomic E-state index is -3.22. The van der Waals surface area contributed by atoms with Crippen molar-refractivity contribution in [2.45, 2.75) is 18.9 Å². The molecule has 4 aromatic rings. The Labute approximate surface area is 208 Å². The third-order valence-electron chi connectivity index (χ3n) is 6.24. The first-order valence-corrected chi connectivity index (χ1v) is 14.2. The number of aryl methyl sites for hydroxylation is 1. The highest BCUT2D eigenvalue weighted by Crippen LogP contribution is 2.31. The van der Waals surface area contributed by atoms with Gasteiger partial charge in [-0.3, -0.25) is 4.79 Å². The molecule has 5 rings (SSSR count). The second kappa shape index (κ2) is 9.44. The Hall–Kier alpha value is -3.21. The molecule has 0 spiro atoms. The zero-order chi connectivity index (χ0) is 24.6. The van der Waals surface area contributed by atoms with Crippen molar-refractivity contribution in [2.75, 3.05) is 29.6 Å². The number of fused-ring (bicyclic) bond motifs is 1. The van der Waals surface area contributed by atoms with E-state index < -0.39 is 10.0 Å². The maximum atomic E-state index is 13.1. The molecule has 0 atom stereocenters. The molecule has 8 nitrogen and oxygen atoms in total. The summed E-state index contributed by atoms with van der Waals surface area (Å²) in [5, 5.41) is 6.74. The van der Waals surface area contributed by atoms with E-state index in [1.807, 2.05) is 43.6 Å². The van der Waals surface area contributed by atoms with Crippen molar-refractivity contribution in [3.8, 4) is 10.6 Å². The number of amides is 1. The average Bonchev–Trinajstić information content (AvgIpc) is 3.46. The maximum absolute atomic E-state index is 13.1. The third kappa shape index (κ3) is 5.24. The van der Waals surface area contributed by atoms with Gasteiger partial charge in [-0.1, -0.05) is 12.1 Å². The molecule has 0 aliphatic carbocycles. The van der Waals surface area contributed by atoms with E-state index in [9.17, 15) is 13.2 Å². The summed E-state index contributed by atoms with van der Waals surface area (Å²) in [6.07, 6.45) is 4.62. The molecular weight excluding hydrogens is 482 g/mol. The number of hydrogen-bond donors (Lipinski definition) is 2. The highest BCUT2D eigenvalue weighted by Gasteiger charge is 2.24. The summed E-state index contributed by atoms with van der Waals surface area (Å²) < 4.78 is 27.8. The lowest BCUT2D eigenvalue weighted by Gasteiger charge is -2.34. The van der Waals surface area contributed by atoms with Crippen molar-refractivity contribution >= 4 is 49.5 Å². The van der Waals surface area contributed by atoms with Gasteiger partial charge in [0, 0.05) is 54.2 Å². The number of nitrogens with one attached hydrogen (secondary N) is 2. The van der Waals surface area contributed by atoms with Gasteiger partial charge in [0.05, 0.1) is 17.6 Å². The number of hydrogen-bond acceptors (Lipinski definition) is 6. The first kappa shape index (κ1) is 23.5. The quantitative estimate of drug-likeness (QED) is 0.408. The number of para-hydroxylation sites is 2. The number of nitrogens with zero attached hydrogens (tertiary/aromatic N) is 3. The Morgan fingerprint density at radius 2 is 1.89 bits per heavy atom. The van der Waals surface area contributed by atoms with Gasteiger partial charge >= 0.3 is 0 Å². The normalized spacial score (nSPS) is 15.0. The molecule has 3 heterocycles. The molecule has 0 saturated carbocycles. The fraction of sp³-hybridized carbons (Fsp3) is 0.280. The van der Waals surface area contributed by atoms with Crippen molar-refractivity contribution in [2.24, 2.45) is 7.05 Å². The second-order valence-electron chi connectivity index (χ2n) is 8.86. The van der Waals surface area contributed by atoms with E-state index in [0.717, 1.165) is 27.2 Å². The number of carbonyl (C=O) groups excluding carboxylic acids is 1. The van der Waals surface area contributed by atoms with Crippen LogP contribution >= 0.6 is 11.3 Å². The summed E-state index contributed by atoms with van der Waals surface area (Å²) in [6.45, 7) is 1.39. The van der Waals surface area contributed by atoms with Gasteiger partial charge in [-0.05, 0) is 49.2 Å². The van der Waals surface area contributed by atoms with E-state index in [-0.39, 0.29) is 11.9 Å². The zero-order valence-corrected chi connectivity index (χ0v) is 21.2.